The zero-order chi connectivity index (χ0) is 82.2. The molecule has 0 spiro atoms. The summed E-state index contributed by atoms with van der Waals surface area (Å²) in [6, 6.07) is 0. The van der Waals surface area contributed by atoms with Crippen LogP contribution in [0.1, 0.15) is 355 Å². The number of carbonyl (C=O) groups is 3. The van der Waals surface area contributed by atoms with Crippen molar-refractivity contribution in [2.45, 2.75) is 373 Å². The van der Waals surface area contributed by atoms with Gasteiger partial charge in [0.2, 0.25) is 0 Å². The molecule has 0 aliphatic heterocycles. The number of allylic oxidation sites excluding steroid dienone is 28. The van der Waals surface area contributed by atoms with E-state index in [-0.39, 0.29) is 19.3 Å². The average molecular weight is 1620 g/mol. The summed E-state index contributed by atoms with van der Waals surface area (Å²) in [5.41, 5.74) is 0. The standard InChI is InChI=1S/C95H160O16P2/c1-4-7-10-13-16-19-22-25-28-31-34-37-39-40-41-42-43-44-45-46-47-48-50-53-54-57-60-63-66-69-72-75-78-81-93(98)105-84-90(96)85-107-112(101,102)108-86-91(97)87-109-113(103,104)110-89-92(111-95(100)83-80-77-74-71-68-65-62-59-56-51-36-33-30-27-24-21-18-15-12-9-6-3)88-106-94(99)82-79-76-73-70-67-64-61-58-55-52-49-38-35-32-29-26-23-20-17-14-11-8-5-2/h8,11,16-21,25-30,34-38,40-41,51-52,55,59,61-62,64,90-92,96-97H,4-7,9-10,12-15,22-24,31-33,39,42-50,53-54,56-58,60,63,65-89H2,1-3H3,(H,101,102)(H,103,104)/b11-8-,19-16-,20-17-,21-18-,28-25-,29-26-,30-27-,37-34-,38-35-,41-40-,51-36-,55-52-,62-59-,64-61-. The number of esters is 3. The molecule has 0 aliphatic rings. The summed E-state index contributed by atoms with van der Waals surface area (Å²) in [6.07, 6.45) is 111. The van der Waals surface area contributed by atoms with Gasteiger partial charge in [-0.2, -0.15) is 0 Å². The summed E-state index contributed by atoms with van der Waals surface area (Å²) in [6.45, 7) is 2.48. The summed E-state index contributed by atoms with van der Waals surface area (Å²) < 4.78 is 61.3. The summed E-state index contributed by atoms with van der Waals surface area (Å²) in [7, 11) is -9.83. The largest absolute Gasteiger partial charge is 0.472 e. The fourth-order valence-corrected chi connectivity index (χ4v) is 13.2. The molecular formula is C95H160O16P2. The number of rotatable bonds is 83. The molecule has 0 aromatic carbocycles. The number of aliphatic hydroxyl groups is 2. The van der Waals surface area contributed by atoms with Crippen molar-refractivity contribution in [1.82, 2.24) is 0 Å². The van der Waals surface area contributed by atoms with E-state index in [1.54, 1.807) is 0 Å². The summed E-state index contributed by atoms with van der Waals surface area (Å²) >= 11 is 0. The van der Waals surface area contributed by atoms with Gasteiger partial charge >= 0.3 is 33.6 Å². The smallest absolute Gasteiger partial charge is 0.463 e. The van der Waals surface area contributed by atoms with Crippen LogP contribution in [-0.2, 0) is 55.8 Å². The van der Waals surface area contributed by atoms with Crippen LogP contribution < -0.4 is 0 Å². The molecule has 0 saturated carbocycles. The van der Waals surface area contributed by atoms with Crippen molar-refractivity contribution in [3.63, 3.8) is 0 Å². The lowest BCUT2D eigenvalue weighted by Gasteiger charge is -2.21. The molecule has 0 heterocycles. The van der Waals surface area contributed by atoms with Gasteiger partial charge in [0, 0.05) is 19.3 Å². The summed E-state index contributed by atoms with van der Waals surface area (Å²) in [4.78, 5) is 58.9. The summed E-state index contributed by atoms with van der Waals surface area (Å²) in [5.74, 6) is -1.63. The molecule has 0 aromatic heterocycles. The Labute approximate surface area is 688 Å². The number of phosphoric ester groups is 2. The van der Waals surface area contributed by atoms with Crippen LogP contribution in [0.3, 0.4) is 0 Å². The normalized spacial score (nSPS) is 14.6. The molecule has 18 heteroatoms. The minimum absolute atomic E-state index is 0.0716. The molecule has 0 fully saturated rings. The van der Waals surface area contributed by atoms with Crippen molar-refractivity contribution in [3.05, 3.63) is 170 Å². The molecule has 0 aliphatic carbocycles. The fraction of sp³-hybridized carbons (Fsp3) is 0.674. The van der Waals surface area contributed by atoms with Crippen LogP contribution in [0.5, 0.6) is 0 Å². The zero-order valence-corrected chi connectivity index (χ0v) is 72.8. The van der Waals surface area contributed by atoms with Crippen molar-refractivity contribution < 1.29 is 75.8 Å². The third kappa shape index (κ3) is 87.6. The lowest BCUT2D eigenvalue weighted by molar-refractivity contribution is -0.161. The summed E-state index contributed by atoms with van der Waals surface area (Å²) in [5, 5.41) is 20.7. The molecule has 0 saturated heterocycles. The van der Waals surface area contributed by atoms with Gasteiger partial charge in [0.05, 0.1) is 26.4 Å². The van der Waals surface area contributed by atoms with E-state index < -0.39 is 91.5 Å². The molecule has 0 rings (SSSR count). The van der Waals surface area contributed by atoms with Gasteiger partial charge in [-0.05, 0) is 161 Å². The SMILES string of the molecule is CC/C=C\C/C=C\C/C=C\C/C=C\C/C=C\C/C=C\CCCCCCC(=O)OCC(COP(=O)(O)OCC(O)COP(=O)(O)OCC(O)COC(=O)CCCCCCCCCCCCCCCCCCC/C=C\C/C=C\C/C=C\C/C=C\CCCCC)OC(=O)CCCCCCC/C=C\C/C=C\C/C=C\C/C=C\CCCCC. The molecule has 646 valence electrons. The number of carbonyl (C=O) groups excluding carboxylic acids is 3. The van der Waals surface area contributed by atoms with Crippen LogP contribution in [0, 0.1) is 0 Å². The molecule has 5 atom stereocenters. The molecule has 5 unspecified atom stereocenters. The highest BCUT2D eigenvalue weighted by Gasteiger charge is 2.29. The first-order chi connectivity index (χ1) is 55.2. The van der Waals surface area contributed by atoms with Crippen molar-refractivity contribution in [1.29, 1.82) is 0 Å². The van der Waals surface area contributed by atoms with Crippen molar-refractivity contribution >= 4 is 33.6 Å². The quantitative estimate of drug-likeness (QED) is 0.0146. The molecule has 0 bridgehead atoms. The maximum atomic E-state index is 13.0. The van der Waals surface area contributed by atoms with Gasteiger partial charge in [-0.15, -0.1) is 0 Å². The second kappa shape index (κ2) is 86.3. The van der Waals surface area contributed by atoms with Gasteiger partial charge in [-0.3, -0.25) is 32.5 Å². The fourth-order valence-electron chi connectivity index (χ4n) is 11.7. The first-order valence-electron chi connectivity index (χ1n) is 44.4. The Hall–Kier alpha value is -5.09. The maximum absolute atomic E-state index is 13.0. The molecule has 113 heavy (non-hydrogen) atoms. The number of phosphoric acid groups is 2. The Kier molecular flexibility index (Phi) is 82.4. The maximum Gasteiger partial charge on any atom is 0.472 e. The minimum atomic E-state index is -4.96. The van der Waals surface area contributed by atoms with Crippen LogP contribution in [0.2, 0.25) is 0 Å². The van der Waals surface area contributed by atoms with E-state index in [1.807, 2.05) is 0 Å². The van der Waals surface area contributed by atoms with Crippen molar-refractivity contribution in [2.75, 3.05) is 39.6 Å². The predicted molar refractivity (Wildman–Crippen MR) is 472 cm³/mol. The highest BCUT2D eigenvalue weighted by atomic mass is 31.2. The van der Waals surface area contributed by atoms with E-state index in [2.05, 4.69) is 191 Å². The van der Waals surface area contributed by atoms with E-state index >= 15 is 0 Å². The number of hydrogen-bond donors (Lipinski definition) is 4. The highest BCUT2D eigenvalue weighted by molar-refractivity contribution is 7.47. The Balaban J connectivity index is 4.59. The molecule has 16 nitrogen and oxygen atoms in total. The highest BCUT2D eigenvalue weighted by Crippen LogP contribution is 2.45. The average Bonchev–Trinajstić information content (AvgIpc) is 0.902. The van der Waals surface area contributed by atoms with Crippen LogP contribution in [0.15, 0.2) is 170 Å². The third-order valence-electron chi connectivity index (χ3n) is 18.4. The van der Waals surface area contributed by atoms with Gasteiger partial charge in [0.25, 0.3) is 0 Å². The van der Waals surface area contributed by atoms with Crippen LogP contribution in [0.4, 0.5) is 0 Å². The zero-order valence-electron chi connectivity index (χ0n) is 71.0. The predicted octanol–water partition coefficient (Wildman–Crippen LogP) is 27.1. The molecule has 0 radical (unpaired) electrons. The minimum Gasteiger partial charge on any atom is -0.463 e. The second-order valence-electron chi connectivity index (χ2n) is 29.3. The van der Waals surface area contributed by atoms with Crippen LogP contribution in [0.25, 0.3) is 0 Å². The topological polar surface area (TPSA) is 231 Å². The van der Waals surface area contributed by atoms with Gasteiger partial charge in [-0.25, -0.2) is 9.13 Å². The lowest BCUT2D eigenvalue weighted by Crippen LogP contribution is -2.30. The molecule has 0 amide bonds. The van der Waals surface area contributed by atoms with Crippen molar-refractivity contribution in [2.24, 2.45) is 0 Å². The van der Waals surface area contributed by atoms with Crippen LogP contribution in [-0.4, -0.2) is 95.9 Å². The van der Waals surface area contributed by atoms with E-state index in [4.69, 9.17) is 32.3 Å². The van der Waals surface area contributed by atoms with Gasteiger partial charge in [-0.1, -0.05) is 345 Å². The van der Waals surface area contributed by atoms with E-state index in [9.17, 15) is 43.5 Å². The second-order valence-corrected chi connectivity index (χ2v) is 32.2. The Morgan fingerprint density at radius 3 is 0.743 bits per heavy atom. The number of aliphatic hydroxyl groups excluding tert-OH is 2. The number of unbranched alkanes of at least 4 members (excludes halogenated alkanes) is 32. The van der Waals surface area contributed by atoms with Crippen molar-refractivity contribution in [3.8, 4) is 0 Å². The molecule has 4 N–H and O–H groups in total. The Bertz CT molecular complexity index is 2730. The van der Waals surface area contributed by atoms with Gasteiger partial charge in [0.1, 0.15) is 25.4 Å². The van der Waals surface area contributed by atoms with E-state index in [0.717, 1.165) is 161 Å². The van der Waals surface area contributed by atoms with E-state index in [1.165, 1.54) is 135 Å². The molecule has 0 aromatic rings. The Morgan fingerprint density at radius 1 is 0.257 bits per heavy atom. The number of hydrogen-bond acceptors (Lipinski definition) is 14. The number of ether oxygens (including phenoxy) is 3. The van der Waals surface area contributed by atoms with Gasteiger partial charge in [0.15, 0.2) is 6.10 Å². The monoisotopic (exact) mass is 1620 g/mol. The van der Waals surface area contributed by atoms with E-state index in [0.29, 0.717) is 19.3 Å². The first kappa shape index (κ1) is 108. The molecular weight excluding hydrogens is 1460 g/mol. The van der Waals surface area contributed by atoms with Gasteiger partial charge < -0.3 is 34.2 Å². The first-order valence-corrected chi connectivity index (χ1v) is 47.4. The lowest BCUT2D eigenvalue weighted by atomic mass is 10.0. The third-order valence-corrected chi connectivity index (χ3v) is 20.3. The van der Waals surface area contributed by atoms with Crippen LogP contribution >= 0.6 is 15.6 Å². The Morgan fingerprint density at radius 2 is 0.469 bits per heavy atom.